The number of ether oxygens (including phenoxy) is 1. The third-order valence-electron chi connectivity index (χ3n) is 4.18. The van der Waals surface area contributed by atoms with Crippen LogP contribution in [0, 0.1) is 5.41 Å². The second-order valence-corrected chi connectivity index (χ2v) is 8.50. The second kappa shape index (κ2) is 9.14. The summed E-state index contributed by atoms with van der Waals surface area (Å²) < 4.78 is 5.75. The van der Waals surface area contributed by atoms with E-state index < -0.39 is 0 Å². The van der Waals surface area contributed by atoms with Gasteiger partial charge in [0.25, 0.3) is 5.91 Å². The van der Waals surface area contributed by atoms with Crippen molar-refractivity contribution in [2.75, 3.05) is 20.6 Å². The summed E-state index contributed by atoms with van der Waals surface area (Å²) in [5, 5.41) is 5.15. The Morgan fingerprint density at radius 2 is 2.12 bits per heavy atom. The molecule has 1 aromatic carbocycles. The van der Waals surface area contributed by atoms with Crippen LogP contribution >= 0.6 is 11.3 Å². The number of thiazole rings is 1. The molecule has 0 bridgehead atoms. The molecular weight excluding hydrogens is 346 g/mol. The number of carbonyl (C=O) groups is 1. The topological polar surface area (TPSA) is 54.5 Å². The van der Waals surface area contributed by atoms with Crippen LogP contribution in [-0.4, -0.2) is 42.5 Å². The van der Waals surface area contributed by atoms with Crippen molar-refractivity contribution in [3.05, 3.63) is 46.4 Å². The fourth-order valence-electron chi connectivity index (χ4n) is 2.54. The lowest BCUT2D eigenvalue weighted by Gasteiger charge is -2.32. The van der Waals surface area contributed by atoms with E-state index in [0.29, 0.717) is 17.9 Å². The van der Waals surface area contributed by atoms with Crippen LogP contribution in [0.15, 0.2) is 35.2 Å². The molecule has 0 aliphatic rings. The van der Waals surface area contributed by atoms with Crippen LogP contribution in [0.2, 0.25) is 0 Å². The molecule has 142 valence electrons. The predicted molar refractivity (Wildman–Crippen MR) is 107 cm³/mol. The molecular formula is C20H29N3O2S. The second-order valence-electron chi connectivity index (χ2n) is 7.78. The Bertz CT molecular complexity index is 693. The summed E-state index contributed by atoms with van der Waals surface area (Å²) in [6.07, 6.45) is 0.905. The lowest BCUT2D eigenvalue weighted by Crippen LogP contribution is -2.45. The lowest BCUT2D eigenvalue weighted by atomic mass is 9.84. The highest BCUT2D eigenvalue weighted by molar-refractivity contribution is 7.07. The van der Waals surface area contributed by atoms with Gasteiger partial charge in [-0.2, -0.15) is 0 Å². The molecule has 1 N–H and O–H groups in total. The number of nitrogens with zero attached hydrogens (tertiary/aromatic N) is 2. The van der Waals surface area contributed by atoms with Gasteiger partial charge in [0.2, 0.25) is 0 Å². The Labute approximate surface area is 160 Å². The first-order valence-corrected chi connectivity index (χ1v) is 9.75. The SMILES string of the molecule is CN(C)CC[C@H](NC(=O)c1cccc(OCc2cscn2)c1)C(C)(C)C. The van der Waals surface area contributed by atoms with Gasteiger partial charge in [-0.25, -0.2) is 4.98 Å². The molecule has 0 radical (unpaired) electrons. The van der Waals surface area contributed by atoms with Gasteiger partial charge in [-0.15, -0.1) is 11.3 Å². The summed E-state index contributed by atoms with van der Waals surface area (Å²) in [5.41, 5.74) is 3.27. The van der Waals surface area contributed by atoms with E-state index >= 15 is 0 Å². The van der Waals surface area contributed by atoms with Gasteiger partial charge < -0.3 is 15.0 Å². The van der Waals surface area contributed by atoms with E-state index in [0.717, 1.165) is 18.7 Å². The van der Waals surface area contributed by atoms with Gasteiger partial charge in [0.1, 0.15) is 12.4 Å². The number of carbonyl (C=O) groups excluding carboxylic acids is 1. The molecule has 0 saturated heterocycles. The zero-order chi connectivity index (χ0) is 19.2. The first-order valence-electron chi connectivity index (χ1n) is 8.81. The number of nitrogens with one attached hydrogen (secondary N) is 1. The normalized spacial score (nSPS) is 12.8. The van der Waals surface area contributed by atoms with Crippen molar-refractivity contribution in [2.45, 2.75) is 39.8 Å². The Kier molecular flexibility index (Phi) is 7.17. The molecule has 5 nitrogen and oxygen atoms in total. The quantitative estimate of drug-likeness (QED) is 0.762. The fraction of sp³-hybridized carbons (Fsp3) is 0.500. The minimum Gasteiger partial charge on any atom is -0.487 e. The molecule has 1 amide bonds. The van der Waals surface area contributed by atoms with Gasteiger partial charge in [0.15, 0.2) is 0 Å². The summed E-state index contributed by atoms with van der Waals surface area (Å²) in [7, 11) is 4.09. The van der Waals surface area contributed by atoms with Crippen LogP contribution in [0.25, 0.3) is 0 Å². The minimum absolute atomic E-state index is 0.00952. The number of benzene rings is 1. The molecule has 0 fully saturated rings. The lowest BCUT2D eigenvalue weighted by molar-refractivity contribution is 0.0892. The monoisotopic (exact) mass is 375 g/mol. The Hall–Kier alpha value is -1.92. The van der Waals surface area contributed by atoms with Crippen molar-refractivity contribution in [2.24, 2.45) is 5.41 Å². The first kappa shape index (κ1) is 20.4. The molecule has 0 unspecified atom stereocenters. The highest BCUT2D eigenvalue weighted by Gasteiger charge is 2.26. The molecule has 0 aliphatic heterocycles. The Morgan fingerprint density at radius 3 is 2.73 bits per heavy atom. The maximum absolute atomic E-state index is 12.7. The van der Waals surface area contributed by atoms with E-state index in [1.54, 1.807) is 11.6 Å². The zero-order valence-electron chi connectivity index (χ0n) is 16.3. The number of hydrogen-bond donors (Lipinski definition) is 1. The van der Waals surface area contributed by atoms with Gasteiger partial charge in [0.05, 0.1) is 11.2 Å². The van der Waals surface area contributed by atoms with Crippen LogP contribution in [-0.2, 0) is 6.61 Å². The van der Waals surface area contributed by atoms with Gasteiger partial charge >= 0.3 is 0 Å². The molecule has 2 rings (SSSR count). The standard InChI is InChI=1S/C20H29N3O2S/c1-20(2,3)18(9-10-23(4)5)22-19(24)15-7-6-8-17(11-15)25-12-16-13-26-14-21-16/h6-8,11,13-14,18H,9-10,12H2,1-5H3,(H,22,24)/t18-/m0/s1. The van der Waals surface area contributed by atoms with Crippen molar-refractivity contribution in [1.29, 1.82) is 0 Å². The molecule has 1 aromatic heterocycles. The summed E-state index contributed by atoms with van der Waals surface area (Å²) in [4.78, 5) is 19.1. The van der Waals surface area contributed by atoms with Crippen molar-refractivity contribution in [1.82, 2.24) is 15.2 Å². The average Bonchev–Trinajstić information content (AvgIpc) is 3.09. The fourth-order valence-corrected chi connectivity index (χ4v) is 3.09. The maximum atomic E-state index is 12.7. The smallest absolute Gasteiger partial charge is 0.251 e. The molecule has 0 spiro atoms. The molecule has 1 heterocycles. The van der Waals surface area contributed by atoms with Gasteiger partial charge in [-0.05, 0) is 50.7 Å². The largest absolute Gasteiger partial charge is 0.487 e. The predicted octanol–water partition coefficient (Wildman–Crippen LogP) is 3.82. The van der Waals surface area contributed by atoms with E-state index in [2.05, 4.69) is 36.0 Å². The molecule has 2 aromatic rings. The van der Waals surface area contributed by atoms with Crippen molar-refractivity contribution in [3.8, 4) is 5.75 Å². The van der Waals surface area contributed by atoms with Crippen LogP contribution in [0.4, 0.5) is 0 Å². The highest BCUT2D eigenvalue weighted by atomic mass is 32.1. The first-order chi connectivity index (χ1) is 12.3. The van der Waals surface area contributed by atoms with Gasteiger partial charge in [-0.3, -0.25) is 4.79 Å². The Balaban J connectivity index is 2.01. The van der Waals surface area contributed by atoms with E-state index in [4.69, 9.17) is 4.74 Å². The number of hydrogen-bond acceptors (Lipinski definition) is 5. The zero-order valence-corrected chi connectivity index (χ0v) is 17.1. The third-order valence-corrected chi connectivity index (χ3v) is 4.82. The van der Waals surface area contributed by atoms with Crippen molar-refractivity contribution >= 4 is 17.2 Å². The summed E-state index contributed by atoms with van der Waals surface area (Å²) in [6, 6.07) is 7.40. The van der Waals surface area contributed by atoms with E-state index in [-0.39, 0.29) is 17.4 Å². The van der Waals surface area contributed by atoms with Gasteiger partial charge in [-0.1, -0.05) is 26.8 Å². The van der Waals surface area contributed by atoms with Crippen LogP contribution in [0.1, 0.15) is 43.2 Å². The number of rotatable bonds is 8. The maximum Gasteiger partial charge on any atom is 0.251 e. The number of amides is 1. The molecule has 26 heavy (non-hydrogen) atoms. The van der Waals surface area contributed by atoms with E-state index in [1.807, 2.05) is 37.7 Å². The molecule has 0 aliphatic carbocycles. The van der Waals surface area contributed by atoms with Gasteiger partial charge in [0, 0.05) is 17.0 Å². The summed E-state index contributed by atoms with van der Waals surface area (Å²) >= 11 is 1.54. The van der Waals surface area contributed by atoms with E-state index in [9.17, 15) is 4.79 Å². The average molecular weight is 376 g/mol. The van der Waals surface area contributed by atoms with Crippen LogP contribution in [0.5, 0.6) is 5.75 Å². The van der Waals surface area contributed by atoms with Crippen molar-refractivity contribution < 1.29 is 9.53 Å². The summed E-state index contributed by atoms with van der Waals surface area (Å²) in [6.45, 7) is 7.80. The molecule has 0 saturated carbocycles. The van der Waals surface area contributed by atoms with E-state index in [1.165, 1.54) is 11.3 Å². The minimum atomic E-state index is -0.0669. The number of aromatic nitrogens is 1. The Morgan fingerprint density at radius 1 is 1.35 bits per heavy atom. The van der Waals surface area contributed by atoms with Crippen molar-refractivity contribution in [3.63, 3.8) is 0 Å². The highest BCUT2D eigenvalue weighted by Crippen LogP contribution is 2.23. The van der Waals surface area contributed by atoms with Crippen LogP contribution in [0.3, 0.4) is 0 Å². The molecule has 1 atom stereocenters. The summed E-state index contributed by atoms with van der Waals surface area (Å²) in [5.74, 6) is 0.606. The third kappa shape index (κ3) is 6.42. The molecule has 6 heteroatoms. The van der Waals surface area contributed by atoms with Crippen LogP contribution < -0.4 is 10.1 Å².